The zero-order chi connectivity index (χ0) is 31.5. The molecule has 0 aliphatic heterocycles. The van der Waals surface area contributed by atoms with E-state index < -0.39 is 24.3 Å². The monoisotopic (exact) mass is 600 g/mol. The van der Waals surface area contributed by atoms with E-state index in [0.29, 0.717) is 23.9 Å². The second-order valence-corrected chi connectivity index (χ2v) is 12.1. The highest BCUT2D eigenvalue weighted by Gasteiger charge is 2.25. The highest BCUT2D eigenvalue weighted by atomic mass is 16.7. The number of hydrogen-bond acceptors (Lipinski definition) is 7. The minimum atomic E-state index is -1.50. The van der Waals surface area contributed by atoms with Crippen LogP contribution in [-0.2, 0) is 33.3 Å². The number of carboxylic acid groups (broad SMARTS) is 1. The maximum absolute atomic E-state index is 12.5. The summed E-state index contributed by atoms with van der Waals surface area (Å²) in [6.45, 7) is 4.71. The maximum atomic E-state index is 12.5. The lowest BCUT2D eigenvalue weighted by atomic mass is 10.1. The molecule has 0 aliphatic carbocycles. The molecule has 2 unspecified atom stereocenters. The van der Waals surface area contributed by atoms with Crippen molar-refractivity contribution in [2.75, 3.05) is 47.5 Å². The first-order chi connectivity index (χ1) is 20.1. The number of carbonyl (C=O) groups excluding carboxylic acids is 2. The fourth-order valence-corrected chi connectivity index (χ4v) is 4.13. The Morgan fingerprint density at radius 2 is 1.26 bits per heavy atom. The number of unbranched alkanes of at least 4 members (excludes halogenated alkanes) is 12. The van der Waals surface area contributed by atoms with Gasteiger partial charge in [-0.1, -0.05) is 90.2 Å². The Morgan fingerprint density at radius 1 is 0.690 bits per heavy atom. The molecule has 0 saturated heterocycles. The van der Waals surface area contributed by atoms with Gasteiger partial charge in [0.1, 0.15) is 13.2 Å². The molecule has 0 rings (SSSR count). The molecule has 1 N–H and O–H groups in total. The Hall–Kier alpha value is -1.97. The number of esters is 2. The third-order valence-corrected chi connectivity index (χ3v) is 6.75. The minimum absolute atomic E-state index is 0.183. The molecule has 0 radical (unpaired) electrons. The van der Waals surface area contributed by atoms with E-state index in [2.05, 4.69) is 26.0 Å². The van der Waals surface area contributed by atoms with Gasteiger partial charge in [-0.15, -0.1) is 0 Å². The average molecular weight is 601 g/mol. The van der Waals surface area contributed by atoms with Crippen molar-refractivity contribution in [2.45, 2.75) is 135 Å². The summed E-state index contributed by atoms with van der Waals surface area (Å²) in [6.07, 6.45) is 18.7. The molecule has 0 bridgehead atoms. The fourth-order valence-electron chi connectivity index (χ4n) is 4.13. The van der Waals surface area contributed by atoms with Crippen LogP contribution in [0.1, 0.15) is 123 Å². The van der Waals surface area contributed by atoms with Gasteiger partial charge in [-0.2, -0.15) is 0 Å². The van der Waals surface area contributed by atoms with Gasteiger partial charge in [0.25, 0.3) is 6.29 Å². The zero-order valence-corrected chi connectivity index (χ0v) is 27.4. The summed E-state index contributed by atoms with van der Waals surface area (Å²) in [5, 5.41) is 9.51. The highest BCUT2D eigenvalue weighted by molar-refractivity contribution is 5.71. The molecular weight excluding hydrogens is 538 g/mol. The molecule has 9 heteroatoms. The van der Waals surface area contributed by atoms with Crippen LogP contribution in [0, 0.1) is 0 Å². The van der Waals surface area contributed by atoms with Crippen LogP contribution in [0.2, 0.25) is 0 Å². The smallest absolute Gasteiger partial charge is 0.361 e. The maximum Gasteiger partial charge on any atom is 0.361 e. The molecule has 0 saturated carbocycles. The Bertz CT molecular complexity index is 719. The molecule has 9 nitrogen and oxygen atoms in total. The molecule has 0 fully saturated rings. The number of ether oxygens (including phenoxy) is 4. The number of rotatable bonds is 29. The van der Waals surface area contributed by atoms with Crippen LogP contribution in [0.5, 0.6) is 0 Å². The van der Waals surface area contributed by atoms with E-state index in [4.69, 9.17) is 18.9 Å². The van der Waals surface area contributed by atoms with Crippen molar-refractivity contribution in [1.29, 1.82) is 0 Å². The molecule has 0 aromatic carbocycles. The van der Waals surface area contributed by atoms with Crippen LogP contribution < -0.4 is 0 Å². The molecule has 0 aromatic heterocycles. The van der Waals surface area contributed by atoms with Crippen molar-refractivity contribution in [3.05, 3.63) is 12.2 Å². The molecule has 0 spiro atoms. The molecule has 42 heavy (non-hydrogen) atoms. The molecule has 0 amide bonds. The summed E-state index contributed by atoms with van der Waals surface area (Å²) in [7, 11) is 5.92. The number of aliphatic carboxylic acids is 1. The number of allylic oxidation sites excluding steroid dienone is 2. The van der Waals surface area contributed by atoms with E-state index in [0.717, 1.165) is 57.8 Å². The lowest BCUT2D eigenvalue weighted by molar-refractivity contribution is -0.870. The number of carbonyl (C=O) groups is 3. The molecule has 246 valence electrons. The number of carboxylic acids is 1. The highest BCUT2D eigenvalue weighted by Crippen LogP contribution is 2.12. The Labute approximate surface area is 255 Å². The Morgan fingerprint density at radius 3 is 1.86 bits per heavy atom. The molecule has 0 heterocycles. The topological polar surface area (TPSA) is 108 Å². The van der Waals surface area contributed by atoms with Crippen LogP contribution in [0.15, 0.2) is 12.2 Å². The largest absolute Gasteiger partial charge is 0.477 e. The van der Waals surface area contributed by atoms with Crippen LogP contribution in [-0.4, -0.2) is 87.4 Å². The van der Waals surface area contributed by atoms with Gasteiger partial charge in [-0.25, -0.2) is 4.79 Å². The SMILES string of the molecule is CCC/C=C\CCCCCCCC(=O)OC(COC(=O)CCCCCCCCC)COC(OCC[N+](C)(C)C)C(=O)O. The lowest BCUT2D eigenvalue weighted by Crippen LogP contribution is -2.40. The lowest BCUT2D eigenvalue weighted by Gasteiger charge is -2.25. The second-order valence-electron chi connectivity index (χ2n) is 12.1. The van der Waals surface area contributed by atoms with Crippen molar-refractivity contribution in [3.8, 4) is 0 Å². The summed E-state index contributed by atoms with van der Waals surface area (Å²) in [5.41, 5.74) is 0. The minimum Gasteiger partial charge on any atom is -0.477 e. The summed E-state index contributed by atoms with van der Waals surface area (Å²) in [4.78, 5) is 36.5. The van der Waals surface area contributed by atoms with E-state index in [1.807, 2.05) is 21.1 Å². The van der Waals surface area contributed by atoms with Gasteiger partial charge in [0.2, 0.25) is 0 Å². The van der Waals surface area contributed by atoms with Gasteiger partial charge >= 0.3 is 17.9 Å². The van der Waals surface area contributed by atoms with Gasteiger partial charge in [0.05, 0.1) is 34.4 Å². The Kier molecular flexibility index (Phi) is 25.4. The summed E-state index contributed by atoms with van der Waals surface area (Å²) < 4.78 is 22.4. The van der Waals surface area contributed by atoms with Gasteiger partial charge < -0.3 is 28.5 Å². The standard InChI is InChI=1S/C33H61NO8/c1-6-8-10-12-14-15-16-18-20-22-24-31(36)42-29(27-40-30(35)23-21-19-17-13-11-9-7-2)28-41-33(32(37)38)39-26-25-34(3,4)5/h10,12,29,33H,6-9,11,13-28H2,1-5H3/p+1/b12-10-. The van der Waals surface area contributed by atoms with Crippen LogP contribution >= 0.6 is 0 Å². The van der Waals surface area contributed by atoms with E-state index in [1.165, 1.54) is 32.1 Å². The van der Waals surface area contributed by atoms with Gasteiger partial charge in [-0.05, 0) is 32.1 Å². The van der Waals surface area contributed by atoms with E-state index in [1.54, 1.807) is 0 Å². The van der Waals surface area contributed by atoms with E-state index in [9.17, 15) is 19.5 Å². The van der Waals surface area contributed by atoms with Crippen LogP contribution in [0.4, 0.5) is 0 Å². The first kappa shape index (κ1) is 40.0. The first-order valence-electron chi connectivity index (χ1n) is 16.4. The van der Waals surface area contributed by atoms with Crippen molar-refractivity contribution >= 4 is 17.9 Å². The number of nitrogens with zero attached hydrogens (tertiary/aromatic N) is 1. The number of likely N-dealkylation sites (N-methyl/N-ethyl adjacent to an activating group) is 1. The first-order valence-corrected chi connectivity index (χ1v) is 16.4. The van der Waals surface area contributed by atoms with Crippen molar-refractivity contribution in [1.82, 2.24) is 0 Å². The molecule has 2 atom stereocenters. The third kappa shape index (κ3) is 26.9. The third-order valence-electron chi connectivity index (χ3n) is 6.75. The van der Waals surface area contributed by atoms with Gasteiger partial charge in [0, 0.05) is 12.8 Å². The van der Waals surface area contributed by atoms with Crippen molar-refractivity contribution in [2.24, 2.45) is 0 Å². The predicted molar refractivity (Wildman–Crippen MR) is 166 cm³/mol. The summed E-state index contributed by atoms with van der Waals surface area (Å²) in [5.74, 6) is -2.03. The van der Waals surface area contributed by atoms with E-state index >= 15 is 0 Å². The van der Waals surface area contributed by atoms with Crippen LogP contribution in [0.25, 0.3) is 0 Å². The average Bonchev–Trinajstić information content (AvgIpc) is 2.93. The molecule has 0 aliphatic rings. The van der Waals surface area contributed by atoms with Gasteiger partial charge in [0.15, 0.2) is 6.10 Å². The molecular formula is C33H62NO8+. The van der Waals surface area contributed by atoms with Crippen molar-refractivity contribution < 1.29 is 42.9 Å². The summed E-state index contributed by atoms with van der Waals surface area (Å²) in [6, 6.07) is 0. The fraction of sp³-hybridized carbons (Fsp3) is 0.848. The summed E-state index contributed by atoms with van der Waals surface area (Å²) >= 11 is 0. The quantitative estimate of drug-likeness (QED) is 0.0328. The predicted octanol–water partition coefficient (Wildman–Crippen LogP) is 6.82. The molecule has 0 aromatic rings. The normalized spacial score (nSPS) is 13.3. The number of hydrogen-bond donors (Lipinski definition) is 1. The van der Waals surface area contributed by atoms with Crippen molar-refractivity contribution in [3.63, 3.8) is 0 Å². The second kappa shape index (κ2) is 26.6. The Balaban J connectivity index is 4.65. The van der Waals surface area contributed by atoms with E-state index in [-0.39, 0.29) is 32.2 Å². The van der Waals surface area contributed by atoms with Gasteiger partial charge in [-0.3, -0.25) is 9.59 Å². The zero-order valence-electron chi connectivity index (χ0n) is 27.4. The number of quaternary nitrogens is 1. The van der Waals surface area contributed by atoms with Crippen LogP contribution in [0.3, 0.4) is 0 Å².